The summed E-state index contributed by atoms with van der Waals surface area (Å²) in [5, 5.41) is 0. The monoisotopic (exact) mass is 374 g/mol. The molecular weight excluding hydrogens is 328 g/mol. The summed E-state index contributed by atoms with van der Waals surface area (Å²) >= 11 is 0. The summed E-state index contributed by atoms with van der Waals surface area (Å²) in [5.74, 6) is 6.91. The molecule has 1 nitrogen and oxygen atoms in total. The summed E-state index contributed by atoms with van der Waals surface area (Å²) in [6, 6.07) is 0. The van der Waals surface area contributed by atoms with E-state index in [0.29, 0.717) is 6.10 Å². The van der Waals surface area contributed by atoms with E-state index in [4.69, 9.17) is 4.74 Å². The first kappa shape index (κ1) is 21.4. The molecule has 3 aliphatic carbocycles. The lowest BCUT2D eigenvalue weighted by atomic mass is 9.57. The summed E-state index contributed by atoms with van der Waals surface area (Å²) in [6.45, 7) is 7.37. The molecule has 27 heavy (non-hydrogen) atoms. The van der Waals surface area contributed by atoms with Gasteiger partial charge in [0.05, 0.1) is 6.10 Å². The fourth-order valence-electron chi connectivity index (χ4n) is 7.18. The van der Waals surface area contributed by atoms with Crippen molar-refractivity contribution in [3.8, 4) is 0 Å². The molecule has 0 radical (unpaired) electrons. The van der Waals surface area contributed by atoms with Gasteiger partial charge < -0.3 is 4.74 Å². The molecule has 4 unspecified atom stereocenters. The van der Waals surface area contributed by atoms with Crippen molar-refractivity contribution in [3.05, 3.63) is 12.2 Å². The average Bonchev–Trinajstić information content (AvgIpc) is 2.71. The molecule has 3 saturated carbocycles. The Kier molecular flexibility index (Phi) is 8.30. The fraction of sp³-hybridized carbons (Fsp3) is 0.923. The summed E-state index contributed by atoms with van der Waals surface area (Å²) < 4.78 is 5.61. The van der Waals surface area contributed by atoms with Gasteiger partial charge in [-0.1, -0.05) is 38.8 Å². The van der Waals surface area contributed by atoms with Crippen molar-refractivity contribution in [3.63, 3.8) is 0 Å². The Labute approximate surface area is 169 Å². The SMILES string of the molecule is C/C=C/CCC1CCC(C2CCC(C3CCC(OC)CC3)C(C)C2C)CC1. The molecule has 0 saturated heterocycles. The maximum absolute atomic E-state index is 5.61. The highest BCUT2D eigenvalue weighted by Gasteiger charge is 2.42. The van der Waals surface area contributed by atoms with Crippen molar-refractivity contribution >= 4 is 0 Å². The predicted octanol–water partition coefficient (Wildman–Crippen LogP) is 7.65. The van der Waals surface area contributed by atoms with Crippen LogP contribution in [-0.2, 0) is 4.74 Å². The van der Waals surface area contributed by atoms with Gasteiger partial charge in [-0.25, -0.2) is 0 Å². The Hall–Kier alpha value is -0.300. The Bertz CT molecular complexity index is 439. The van der Waals surface area contributed by atoms with Gasteiger partial charge in [-0.05, 0) is 113 Å². The van der Waals surface area contributed by atoms with Crippen LogP contribution in [0, 0.1) is 41.4 Å². The third kappa shape index (κ3) is 5.40. The third-order valence-corrected chi connectivity index (χ3v) is 9.15. The molecule has 3 aliphatic rings. The van der Waals surface area contributed by atoms with Gasteiger partial charge in [-0.2, -0.15) is 0 Å². The molecule has 0 aliphatic heterocycles. The van der Waals surface area contributed by atoms with E-state index >= 15 is 0 Å². The van der Waals surface area contributed by atoms with Crippen LogP contribution in [0.1, 0.15) is 97.8 Å². The molecule has 3 fully saturated rings. The van der Waals surface area contributed by atoms with Crippen molar-refractivity contribution < 1.29 is 4.74 Å². The van der Waals surface area contributed by atoms with E-state index in [1.807, 2.05) is 7.11 Å². The molecule has 3 rings (SSSR count). The highest BCUT2D eigenvalue weighted by molar-refractivity contribution is 4.92. The number of rotatable bonds is 6. The minimum Gasteiger partial charge on any atom is -0.381 e. The van der Waals surface area contributed by atoms with Crippen molar-refractivity contribution in [2.75, 3.05) is 7.11 Å². The third-order valence-electron chi connectivity index (χ3n) is 9.15. The zero-order chi connectivity index (χ0) is 19.2. The first-order valence-electron chi connectivity index (χ1n) is 12.3. The van der Waals surface area contributed by atoms with Crippen molar-refractivity contribution in [1.82, 2.24) is 0 Å². The van der Waals surface area contributed by atoms with Gasteiger partial charge in [-0.3, -0.25) is 0 Å². The van der Waals surface area contributed by atoms with E-state index in [0.717, 1.165) is 41.4 Å². The lowest BCUT2D eigenvalue weighted by Crippen LogP contribution is -2.40. The molecule has 0 N–H and O–H groups in total. The molecule has 0 bridgehead atoms. The second kappa shape index (κ2) is 10.5. The Morgan fingerprint density at radius 1 is 0.741 bits per heavy atom. The molecule has 156 valence electrons. The minimum absolute atomic E-state index is 0.549. The summed E-state index contributed by atoms with van der Waals surface area (Å²) in [5.41, 5.74) is 0. The van der Waals surface area contributed by atoms with Crippen molar-refractivity contribution in [2.24, 2.45) is 41.4 Å². The average molecular weight is 375 g/mol. The van der Waals surface area contributed by atoms with Gasteiger partial charge in [0.1, 0.15) is 0 Å². The van der Waals surface area contributed by atoms with Crippen molar-refractivity contribution in [1.29, 1.82) is 0 Å². The van der Waals surface area contributed by atoms with E-state index in [9.17, 15) is 0 Å². The van der Waals surface area contributed by atoms with Crippen LogP contribution in [0.2, 0.25) is 0 Å². The van der Waals surface area contributed by atoms with Crippen LogP contribution in [0.4, 0.5) is 0 Å². The van der Waals surface area contributed by atoms with Crippen LogP contribution in [-0.4, -0.2) is 13.2 Å². The van der Waals surface area contributed by atoms with Crippen LogP contribution in [0.3, 0.4) is 0 Å². The first-order valence-corrected chi connectivity index (χ1v) is 12.3. The number of hydrogen-bond acceptors (Lipinski definition) is 1. The van der Waals surface area contributed by atoms with Crippen LogP contribution >= 0.6 is 0 Å². The fourth-order valence-corrected chi connectivity index (χ4v) is 7.18. The van der Waals surface area contributed by atoms with Crippen LogP contribution < -0.4 is 0 Å². The summed E-state index contributed by atoms with van der Waals surface area (Å²) in [4.78, 5) is 0. The Morgan fingerprint density at radius 3 is 1.74 bits per heavy atom. The highest BCUT2D eigenvalue weighted by Crippen LogP contribution is 2.50. The van der Waals surface area contributed by atoms with Gasteiger partial charge in [0.25, 0.3) is 0 Å². The molecule has 1 heteroatoms. The van der Waals surface area contributed by atoms with Gasteiger partial charge in [-0.15, -0.1) is 0 Å². The van der Waals surface area contributed by atoms with E-state index < -0.39 is 0 Å². The number of methoxy groups -OCH3 is 1. The zero-order valence-electron chi connectivity index (χ0n) is 18.7. The van der Waals surface area contributed by atoms with Crippen molar-refractivity contribution in [2.45, 2.75) is 104 Å². The van der Waals surface area contributed by atoms with Crippen LogP contribution in [0.15, 0.2) is 12.2 Å². The number of hydrogen-bond donors (Lipinski definition) is 0. The molecule has 0 aromatic carbocycles. The van der Waals surface area contributed by atoms with Gasteiger partial charge in [0, 0.05) is 7.11 Å². The molecule has 0 heterocycles. The minimum atomic E-state index is 0.549. The quantitative estimate of drug-likeness (QED) is 0.434. The van der Waals surface area contributed by atoms with Gasteiger partial charge in [0.2, 0.25) is 0 Å². The first-order chi connectivity index (χ1) is 13.1. The number of allylic oxidation sites excluding steroid dienone is 2. The highest BCUT2D eigenvalue weighted by atomic mass is 16.5. The number of ether oxygens (including phenoxy) is 1. The predicted molar refractivity (Wildman–Crippen MR) is 117 cm³/mol. The molecule has 4 atom stereocenters. The standard InChI is InChI=1S/C26H46O/c1-5-6-7-8-21-9-11-22(12-10-21)25-17-18-26(20(3)19(25)2)23-13-15-24(27-4)16-14-23/h5-6,19-26H,7-18H2,1-4H3/b6-5+. The van der Waals surface area contributed by atoms with Gasteiger partial charge >= 0.3 is 0 Å². The van der Waals surface area contributed by atoms with Crippen LogP contribution in [0.5, 0.6) is 0 Å². The normalized spacial score (nSPS) is 43.9. The summed E-state index contributed by atoms with van der Waals surface area (Å²) in [6.07, 6.45) is 22.4. The van der Waals surface area contributed by atoms with E-state index in [1.165, 1.54) is 77.0 Å². The zero-order valence-corrected chi connectivity index (χ0v) is 18.7. The smallest absolute Gasteiger partial charge is 0.0571 e. The topological polar surface area (TPSA) is 9.23 Å². The molecule has 0 amide bonds. The second-order valence-corrected chi connectivity index (χ2v) is 10.3. The second-order valence-electron chi connectivity index (χ2n) is 10.3. The maximum atomic E-state index is 5.61. The Morgan fingerprint density at radius 2 is 1.26 bits per heavy atom. The van der Waals surface area contributed by atoms with Gasteiger partial charge in [0.15, 0.2) is 0 Å². The Balaban J connectivity index is 1.46. The molecular formula is C26H46O. The molecule has 0 aromatic heterocycles. The lowest BCUT2D eigenvalue weighted by molar-refractivity contribution is -0.00365. The molecule has 0 aromatic rings. The maximum Gasteiger partial charge on any atom is 0.0571 e. The summed E-state index contributed by atoms with van der Waals surface area (Å²) in [7, 11) is 1.90. The van der Waals surface area contributed by atoms with Crippen LogP contribution in [0.25, 0.3) is 0 Å². The van der Waals surface area contributed by atoms with E-state index in [1.54, 1.807) is 0 Å². The lowest BCUT2D eigenvalue weighted by Gasteiger charge is -2.48. The van der Waals surface area contributed by atoms with E-state index in [-0.39, 0.29) is 0 Å². The molecule has 0 spiro atoms. The van der Waals surface area contributed by atoms with E-state index in [2.05, 4.69) is 32.9 Å². The largest absolute Gasteiger partial charge is 0.381 e.